The first kappa shape index (κ1) is 26.2. The number of piperazine rings is 1. The standard InChI is InChI=1S/C20H27F3N4O2.HI/c1-5-12-29-18-13-16(6-7-17(18)28-4)14-25-19(24-3)27-10-8-26(9-11-27)15(2)20(21,22)23;/h1,6-7,13,15H,8-12,14H2,2-4H3,(H,24,25);1H. The SMILES string of the molecule is C#CCOc1cc(CNC(=NC)N2CCN(C(C)C(F)(F)F)CC2)ccc1OC.I. The van der Waals surface area contributed by atoms with Crippen LogP contribution in [0.4, 0.5) is 13.2 Å². The Morgan fingerprint density at radius 2 is 1.93 bits per heavy atom. The summed E-state index contributed by atoms with van der Waals surface area (Å²) in [5.74, 6) is 4.20. The minimum absolute atomic E-state index is 0. The molecule has 1 unspecified atom stereocenters. The second kappa shape index (κ2) is 12.1. The van der Waals surface area contributed by atoms with E-state index in [4.69, 9.17) is 15.9 Å². The number of hydrogen-bond donors (Lipinski definition) is 1. The van der Waals surface area contributed by atoms with Gasteiger partial charge >= 0.3 is 6.18 Å². The molecule has 0 aliphatic carbocycles. The summed E-state index contributed by atoms with van der Waals surface area (Å²) < 4.78 is 49.5. The number of aliphatic imine (C=N–C) groups is 1. The van der Waals surface area contributed by atoms with Gasteiger partial charge in [-0.3, -0.25) is 9.89 Å². The largest absolute Gasteiger partial charge is 0.493 e. The Kier molecular flexibility index (Phi) is 10.6. The van der Waals surface area contributed by atoms with Crippen LogP contribution in [0.2, 0.25) is 0 Å². The van der Waals surface area contributed by atoms with E-state index in [1.807, 2.05) is 17.0 Å². The monoisotopic (exact) mass is 540 g/mol. The molecule has 1 saturated heterocycles. The van der Waals surface area contributed by atoms with E-state index in [9.17, 15) is 13.2 Å². The lowest BCUT2D eigenvalue weighted by molar-refractivity contribution is -0.181. The molecule has 1 heterocycles. The fourth-order valence-electron chi connectivity index (χ4n) is 3.10. The van der Waals surface area contributed by atoms with E-state index in [2.05, 4.69) is 16.2 Å². The molecule has 1 aromatic carbocycles. The number of nitrogens with zero attached hydrogens (tertiary/aromatic N) is 3. The third-order valence-corrected chi connectivity index (χ3v) is 4.84. The van der Waals surface area contributed by atoms with E-state index in [0.717, 1.165) is 5.56 Å². The van der Waals surface area contributed by atoms with Gasteiger partial charge in [-0.2, -0.15) is 13.2 Å². The summed E-state index contributed by atoms with van der Waals surface area (Å²) >= 11 is 0. The van der Waals surface area contributed by atoms with Crippen molar-refractivity contribution in [2.45, 2.75) is 25.7 Å². The van der Waals surface area contributed by atoms with Crippen LogP contribution in [0.1, 0.15) is 12.5 Å². The second-order valence-corrected chi connectivity index (χ2v) is 6.62. The zero-order valence-electron chi connectivity index (χ0n) is 17.3. The molecule has 1 N–H and O–H groups in total. The van der Waals surface area contributed by atoms with Crippen LogP contribution in [-0.2, 0) is 6.54 Å². The van der Waals surface area contributed by atoms with Crippen LogP contribution < -0.4 is 14.8 Å². The Morgan fingerprint density at radius 3 is 2.47 bits per heavy atom. The Labute approximate surface area is 192 Å². The summed E-state index contributed by atoms with van der Waals surface area (Å²) in [7, 11) is 3.21. The van der Waals surface area contributed by atoms with E-state index < -0.39 is 12.2 Å². The molecule has 1 atom stereocenters. The predicted molar refractivity (Wildman–Crippen MR) is 122 cm³/mol. The summed E-state index contributed by atoms with van der Waals surface area (Å²) in [4.78, 5) is 7.66. The third-order valence-electron chi connectivity index (χ3n) is 4.84. The van der Waals surface area contributed by atoms with Crippen LogP contribution in [0.25, 0.3) is 0 Å². The number of methoxy groups -OCH3 is 1. The van der Waals surface area contributed by atoms with Gasteiger partial charge in [0.05, 0.1) is 7.11 Å². The van der Waals surface area contributed by atoms with Gasteiger partial charge in [-0.25, -0.2) is 0 Å². The average Bonchev–Trinajstić information content (AvgIpc) is 2.72. The predicted octanol–water partition coefficient (Wildman–Crippen LogP) is 2.97. The molecule has 0 radical (unpaired) electrons. The molecule has 6 nitrogen and oxygen atoms in total. The van der Waals surface area contributed by atoms with Gasteiger partial charge in [0.25, 0.3) is 0 Å². The molecule has 0 spiro atoms. The number of alkyl halides is 3. The molecule has 10 heteroatoms. The molecule has 1 aromatic rings. The van der Waals surface area contributed by atoms with Crippen LogP contribution in [0.5, 0.6) is 11.5 Å². The summed E-state index contributed by atoms with van der Waals surface area (Å²) in [6.45, 7) is 3.41. The van der Waals surface area contributed by atoms with E-state index in [-0.39, 0.29) is 30.6 Å². The van der Waals surface area contributed by atoms with Crippen LogP contribution >= 0.6 is 24.0 Å². The zero-order chi connectivity index (χ0) is 21.4. The van der Waals surface area contributed by atoms with Gasteiger partial charge in [-0.15, -0.1) is 30.4 Å². The topological polar surface area (TPSA) is 49.3 Å². The minimum Gasteiger partial charge on any atom is -0.493 e. The van der Waals surface area contributed by atoms with Gasteiger partial charge in [0, 0.05) is 39.8 Å². The molecule has 30 heavy (non-hydrogen) atoms. The first-order chi connectivity index (χ1) is 13.8. The van der Waals surface area contributed by atoms with E-state index in [1.165, 1.54) is 11.8 Å². The van der Waals surface area contributed by atoms with Crippen molar-refractivity contribution in [1.82, 2.24) is 15.1 Å². The maximum atomic E-state index is 12.9. The van der Waals surface area contributed by atoms with Crippen molar-refractivity contribution >= 4 is 29.9 Å². The van der Waals surface area contributed by atoms with Gasteiger partial charge in [-0.1, -0.05) is 12.0 Å². The van der Waals surface area contributed by atoms with Crippen molar-refractivity contribution in [3.8, 4) is 23.8 Å². The minimum atomic E-state index is -4.21. The zero-order valence-corrected chi connectivity index (χ0v) is 19.7. The normalized spacial score (nSPS) is 16.3. The fraction of sp³-hybridized carbons (Fsp3) is 0.550. The molecular weight excluding hydrogens is 512 g/mol. The van der Waals surface area contributed by atoms with Gasteiger partial charge in [0.1, 0.15) is 12.6 Å². The molecule has 0 amide bonds. The molecule has 0 saturated carbocycles. The number of benzene rings is 1. The van der Waals surface area contributed by atoms with E-state index >= 15 is 0 Å². The van der Waals surface area contributed by atoms with Crippen molar-refractivity contribution in [2.24, 2.45) is 4.99 Å². The second-order valence-electron chi connectivity index (χ2n) is 6.62. The number of halogens is 4. The highest BCUT2D eigenvalue weighted by molar-refractivity contribution is 14.0. The summed E-state index contributed by atoms with van der Waals surface area (Å²) in [5, 5.41) is 3.25. The van der Waals surface area contributed by atoms with Crippen LogP contribution in [0, 0.1) is 12.3 Å². The van der Waals surface area contributed by atoms with Crippen molar-refractivity contribution in [1.29, 1.82) is 0 Å². The van der Waals surface area contributed by atoms with Crippen molar-refractivity contribution < 1.29 is 22.6 Å². The molecule has 1 fully saturated rings. The molecule has 0 bridgehead atoms. The van der Waals surface area contributed by atoms with Gasteiger partial charge in [0.2, 0.25) is 0 Å². The molecule has 0 aromatic heterocycles. The van der Waals surface area contributed by atoms with E-state index in [1.54, 1.807) is 20.2 Å². The average molecular weight is 540 g/mol. The Balaban J connectivity index is 0.00000450. The number of guanidine groups is 1. The van der Waals surface area contributed by atoms with Gasteiger partial charge < -0.3 is 19.7 Å². The van der Waals surface area contributed by atoms with Crippen LogP contribution in [0.15, 0.2) is 23.2 Å². The first-order valence-electron chi connectivity index (χ1n) is 9.29. The van der Waals surface area contributed by atoms with Gasteiger partial charge in [-0.05, 0) is 24.6 Å². The number of ether oxygens (including phenoxy) is 2. The van der Waals surface area contributed by atoms with E-state index in [0.29, 0.717) is 50.2 Å². The lowest BCUT2D eigenvalue weighted by atomic mass is 10.2. The fourth-order valence-corrected chi connectivity index (χ4v) is 3.10. The third kappa shape index (κ3) is 7.12. The molecule has 1 aliphatic rings. The maximum absolute atomic E-state index is 12.9. The lowest BCUT2D eigenvalue weighted by Gasteiger charge is -2.39. The quantitative estimate of drug-likeness (QED) is 0.261. The summed E-state index contributed by atoms with van der Waals surface area (Å²) in [6, 6.07) is 4.08. The summed E-state index contributed by atoms with van der Waals surface area (Å²) in [6.07, 6.45) is 1.03. The molecule has 168 valence electrons. The van der Waals surface area contributed by atoms with Crippen molar-refractivity contribution in [2.75, 3.05) is 46.9 Å². The lowest BCUT2D eigenvalue weighted by Crippen LogP contribution is -2.56. The van der Waals surface area contributed by atoms with Crippen molar-refractivity contribution in [3.05, 3.63) is 23.8 Å². The highest BCUT2D eigenvalue weighted by atomic mass is 127. The highest BCUT2D eigenvalue weighted by Crippen LogP contribution is 2.28. The van der Waals surface area contributed by atoms with Crippen LogP contribution in [-0.4, -0.2) is 74.9 Å². The highest BCUT2D eigenvalue weighted by Gasteiger charge is 2.41. The number of terminal acetylenes is 1. The Bertz CT molecular complexity index is 745. The maximum Gasteiger partial charge on any atom is 0.403 e. The smallest absolute Gasteiger partial charge is 0.403 e. The Hall–Kier alpha value is -1.87. The number of hydrogen-bond acceptors (Lipinski definition) is 4. The Morgan fingerprint density at radius 1 is 1.27 bits per heavy atom. The first-order valence-corrected chi connectivity index (χ1v) is 9.29. The molecule has 2 rings (SSSR count). The number of rotatable bonds is 6. The van der Waals surface area contributed by atoms with Crippen LogP contribution in [0.3, 0.4) is 0 Å². The van der Waals surface area contributed by atoms with Gasteiger partial charge in [0.15, 0.2) is 17.5 Å². The molecule has 1 aliphatic heterocycles. The molecular formula is C20H28F3IN4O2. The summed E-state index contributed by atoms with van der Waals surface area (Å²) in [5.41, 5.74) is 0.934. The van der Waals surface area contributed by atoms with Crippen molar-refractivity contribution in [3.63, 3.8) is 0 Å². The number of nitrogens with one attached hydrogen (secondary N) is 1.